The number of amides is 1. The summed E-state index contributed by atoms with van der Waals surface area (Å²) in [6.45, 7) is 0. The standard InChI is InChI=1S/C16H18N2O3/c1-20-12-8-9-14(13(17)10-12)18-16(19)15(21-2)11-6-4-3-5-7-11/h3-10,15H,17H2,1-2H3,(H,18,19). The van der Waals surface area contributed by atoms with Gasteiger partial charge in [-0.25, -0.2) is 0 Å². The summed E-state index contributed by atoms with van der Waals surface area (Å²) < 4.78 is 10.4. The lowest BCUT2D eigenvalue weighted by Crippen LogP contribution is -2.23. The number of hydrogen-bond donors (Lipinski definition) is 2. The van der Waals surface area contributed by atoms with Gasteiger partial charge in [0, 0.05) is 13.2 Å². The van der Waals surface area contributed by atoms with Crippen LogP contribution in [0.5, 0.6) is 5.75 Å². The van der Waals surface area contributed by atoms with E-state index in [1.165, 1.54) is 7.11 Å². The van der Waals surface area contributed by atoms with E-state index in [9.17, 15) is 4.79 Å². The SMILES string of the molecule is COc1ccc(NC(=O)C(OC)c2ccccc2)c(N)c1. The van der Waals surface area contributed by atoms with Crippen LogP contribution in [0, 0.1) is 0 Å². The third kappa shape index (κ3) is 3.52. The van der Waals surface area contributed by atoms with Crippen LogP contribution in [0.4, 0.5) is 11.4 Å². The maximum Gasteiger partial charge on any atom is 0.258 e. The molecule has 1 amide bonds. The molecule has 1 atom stereocenters. The molecule has 1 unspecified atom stereocenters. The van der Waals surface area contributed by atoms with Crippen LogP contribution < -0.4 is 15.8 Å². The van der Waals surface area contributed by atoms with Gasteiger partial charge in [0.25, 0.3) is 5.91 Å². The maximum atomic E-state index is 12.3. The number of ether oxygens (including phenoxy) is 2. The van der Waals surface area contributed by atoms with Gasteiger partial charge in [-0.2, -0.15) is 0 Å². The van der Waals surface area contributed by atoms with Gasteiger partial charge in [0.15, 0.2) is 6.10 Å². The predicted octanol–water partition coefficient (Wildman–Crippen LogP) is 2.60. The molecule has 5 heteroatoms. The fourth-order valence-corrected chi connectivity index (χ4v) is 2.00. The van der Waals surface area contributed by atoms with Gasteiger partial charge in [-0.05, 0) is 17.7 Å². The highest BCUT2D eigenvalue weighted by molar-refractivity contribution is 5.97. The molecular formula is C16H18N2O3. The second-order valence-corrected chi connectivity index (χ2v) is 4.47. The summed E-state index contributed by atoms with van der Waals surface area (Å²) in [5.74, 6) is 0.359. The van der Waals surface area contributed by atoms with Gasteiger partial charge in [-0.3, -0.25) is 4.79 Å². The van der Waals surface area contributed by atoms with Crippen molar-refractivity contribution < 1.29 is 14.3 Å². The predicted molar refractivity (Wildman–Crippen MR) is 82.2 cm³/mol. The zero-order chi connectivity index (χ0) is 15.2. The number of anilines is 2. The zero-order valence-corrected chi connectivity index (χ0v) is 12.0. The monoisotopic (exact) mass is 286 g/mol. The van der Waals surface area contributed by atoms with Crippen molar-refractivity contribution in [1.29, 1.82) is 0 Å². The molecule has 0 spiro atoms. The number of nitrogen functional groups attached to an aromatic ring is 1. The molecule has 21 heavy (non-hydrogen) atoms. The Kier molecular flexibility index (Phi) is 4.79. The fraction of sp³-hybridized carbons (Fsp3) is 0.188. The van der Waals surface area contributed by atoms with Crippen LogP contribution in [0.25, 0.3) is 0 Å². The number of nitrogens with one attached hydrogen (secondary N) is 1. The van der Waals surface area contributed by atoms with E-state index in [1.807, 2.05) is 30.3 Å². The van der Waals surface area contributed by atoms with Crippen LogP contribution in [0.1, 0.15) is 11.7 Å². The summed E-state index contributed by atoms with van der Waals surface area (Å²) in [5.41, 5.74) is 7.63. The average molecular weight is 286 g/mol. The van der Waals surface area contributed by atoms with E-state index >= 15 is 0 Å². The molecule has 0 aromatic heterocycles. The first-order valence-electron chi connectivity index (χ1n) is 6.48. The summed E-state index contributed by atoms with van der Waals surface area (Å²) in [6, 6.07) is 14.4. The topological polar surface area (TPSA) is 73.6 Å². The number of methoxy groups -OCH3 is 2. The van der Waals surface area contributed by atoms with E-state index in [0.717, 1.165) is 5.56 Å². The van der Waals surface area contributed by atoms with Crippen LogP contribution in [0.15, 0.2) is 48.5 Å². The number of benzene rings is 2. The molecule has 0 bridgehead atoms. The summed E-state index contributed by atoms with van der Waals surface area (Å²) in [6.07, 6.45) is -0.687. The fourth-order valence-electron chi connectivity index (χ4n) is 2.00. The van der Waals surface area contributed by atoms with Crippen molar-refractivity contribution >= 4 is 17.3 Å². The minimum Gasteiger partial charge on any atom is -0.497 e. The zero-order valence-electron chi connectivity index (χ0n) is 12.0. The summed E-state index contributed by atoms with van der Waals surface area (Å²) >= 11 is 0. The Labute approximate surface area is 123 Å². The summed E-state index contributed by atoms with van der Waals surface area (Å²) in [5, 5.41) is 2.77. The van der Waals surface area contributed by atoms with Gasteiger partial charge in [0.1, 0.15) is 5.75 Å². The lowest BCUT2D eigenvalue weighted by Gasteiger charge is -2.16. The van der Waals surface area contributed by atoms with Gasteiger partial charge in [0.2, 0.25) is 0 Å². The van der Waals surface area contributed by atoms with Crippen molar-refractivity contribution in [3.8, 4) is 5.75 Å². The molecule has 0 aliphatic carbocycles. The van der Waals surface area contributed by atoms with E-state index in [0.29, 0.717) is 17.1 Å². The molecule has 0 aliphatic rings. The number of nitrogens with two attached hydrogens (primary N) is 1. The van der Waals surface area contributed by atoms with Crippen LogP contribution >= 0.6 is 0 Å². The minimum absolute atomic E-state index is 0.277. The molecule has 0 radical (unpaired) electrons. The number of carbonyl (C=O) groups excluding carboxylic acids is 1. The molecule has 0 saturated carbocycles. The summed E-state index contributed by atoms with van der Waals surface area (Å²) in [4.78, 5) is 12.3. The third-order valence-electron chi connectivity index (χ3n) is 3.09. The molecule has 0 saturated heterocycles. The first kappa shape index (κ1) is 14.9. The lowest BCUT2D eigenvalue weighted by molar-refractivity contribution is -0.126. The van der Waals surface area contributed by atoms with Crippen molar-refractivity contribution in [1.82, 2.24) is 0 Å². The number of carbonyl (C=O) groups is 1. The molecule has 0 heterocycles. The average Bonchev–Trinajstić information content (AvgIpc) is 2.51. The van der Waals surface area contributed by atoms with Crippen LogP contribution in [0.3, 0.4) is 0 Å². The van der Waals surface area contributed by atoms with Gasteiger partial charge in [-0.1, -0.05) is 30.3 Å². The van der Waals surface area contributed by atoms with Crippen LogP contribution in [0.2, 0.25) is 0 Å². The lowest BCUT2D eigenvalue weighted by atomic mass is 10.1. The van der Waals surface area contributed by atoms with E-state index in [1.54, 1.807) is 25.3 Å². The molecule has 5 nitrogen and oxygen atoms in total. The number of hydrogen-bond acceptors (Lipinski definition) is 4. The Balaban J connectivity index is 2.16. The molecule has 0 fully saturated rings. The smallest absolute Gasteiger partial charge is 0.258 e. The molecule has 110 valence electrons. The Morgan fingerprint density at radius 3 is 2.43 bits per heavy atom. The third-order valence-corrected chi connectivity index (χ3v) is 3.09. The van der Waals surface area contributed by atoms with Crippen molar-refractivity contribution in [2.75, 3.05) is 25.3 Å². The molecule has 2 rings (SSSR count). The van der Waals surface area contributed by atoms with Crippen LogP contribution in [-0.4, -0.2) is 20.1 Å². The first-order chi connectivity index (χ1) is 10.2. The highest BCUT2D eigenvalue weighted by atomic mass is 16.5. The van der Waals surface area contributed by atoms with Gasteiger partial charge in [-0.15, -0.1) is 0 Å². The van der Waals surface area contributed by atoms with E-state index in [4.69, 9.17) is 15.2 Å². The van der Waals surface area contributed by atoms with Gasteiger partial charge < -0.3 is 20.5 Å². The van der Waals surface area contributed by atoms with Gasteiger partial charge >= 0.3 is 0 Å². The Hall–Kier alpha value is -2.53. The Morgan fingerprint density at radius 1 is 1.14 bits per heavy atom. The van der Waals surface area contributed by atoms with E-state index < -0.39 is 6.10 Å². The molecule has 0 aliphatic heterocycles. The first-order valence-corrected chi connectivity index (χ1v) is 6.48. The largest absolute Gasteiger partial charge is 0.497 e. The van der Waals surface area contributed by atoms with Crippen LogP contribution in [-0.2, 0) is 9.53 Å². The highest BCUT2D eigenvalue weighted by Crippen LogP contribution is 2.26. The van der Waals surface area contributed by atoms with E-state index in [-0.39, 0.29) is 5.91 Å². The Morgan fingerprint density at radius 2 is 1.86 bits per heavy atom. The van der Waals surface area contributed by atoms with Gasteiger partial charge in [0.05, 0.1) is 18.5 Å². The second-order valence-electron chi connectivity index (χ2n) is 4.47. The highest BCUT2D eigenvalue weighted by Gasteiger charge is 2.20. The maximum absolute atomic E-state index is 12.3. The minimum atomic E-state index is -0.687. The quantitative estimate of drug-likeness (QED) is 0.829. The van der Waals surface area contributed by atoms with Crippen molar-refractivity contribution in [3.05, 3.63) is 54.1 Å². The van der Waals surface area contributed by atoms with E-state index in [2.05, 4.69) is 5.32 Å². The molecular weight excluding hydrogens is 268 g/mol. The Bertz CT molecular complexity index is 614. The molecule has 3 N–H and O–H groups in total. The summed E-state index contributed by atoms with van der Waals surface area (Å²) in [7, 11) is 3.05. The second kappa shape index (κ2) is 6.76. The van der Waals surface area contributed by atoms with Crippen molar-refractivity contribution in [2.45, 2.75) is 6.10 Å². The number of rotatable bonds is 5. The normalized spacial score (nSPS) is 11.7. The van der Waals surface area contributed by atoms with Crippen molar-refractivity contribution in [3.63, 3.8) is 0 Å². The molecule has 2 aromatic rings. The molecule has 2 aromatic carbocycles. The van der Waals surface area contributed by atoms with Crippen molar-refractivity contribution in [2.24, 2.45) is 0 Å².